The summed E-state index contributed by atoms with van der Waals surface area (Å²) >= 11 is 0. The van der Waals surface area contributed by atoms with E-state index in [9.17, 15) is 0 Å². The van der Waals surface area contributed by atoms with E-state index in [1.807, 2.05) is 42.8 Å². The number of nitrogens with zero attached hydrogens (tertiary/aromatic N) is 2. The van der Waals surface area contributed by atoms with Gasteiger partial charge in [0.15, 0.2) is 11.9 Å². The highest BCUT2D eigenvalue weighted by Crippen LogP contribution is 2.37. The number of pyridine rings is 1. The van der Waals surface area contributed by atoms with Gasteiger partial charge in [-0.05, 0) is 31.5 Å². The summed E-state index contributed by atoms with van der Waals surface area (Å²) in [4.78, 5) is 3.47. The molecule has 0 spiro atoms. The van der Waals surface area contributed by atoms with Crippen molar-refractivity contribution in [2.45, 2.75) is 13.8 Å². The van der Waals surface area contributed by atoms with Crippen molar-refractivity contribution >= 4 is 27.6 Å². The summed E-state index contributed by atoms with van der Waals surface area (Å²) < 4.78 is 30.8. The van der Waals surface area contributed by atoms with Crippen molar-refractivity contribution in [3.8, 4) is 11.3 Å². The number of hydrogen-bond donors (Lipinski definition) is 0. The summed E-state index contributed by atoms with van der Waals surface area (Å²) in [5.41, 5.74) is 5.07. The van der Waals surface area contributed by atoms with Crippen LogP contribution in [0, 0.1) is 20.3 Å². The van der Waals surface area contributed by atoms with Crippen LogP contribution in [0.1, 0.15) is 15.2 Å². The fourth-order valence-electron chi connectivity index (χ4n) is 3.18. The second-order valence-corrected chi connectivity index (χ2v) is 5.94. The molecule has 0 amide bonds. The summed E-state index contributed by atoms with van der Waals surface area (Å²) in [5.74, 6) is 0. The van der Waals surface area contributed by atoms with E-state index in [4.69, 9.17) is 15.1 Å². The molecule has 0 N–H and O–H groups in total. The SMILES string of the molecule is [2H]C([2H])([2H])c1ccc(-c2c(C)ccc3c2oc2cc([N+]#[C-])ccc23)[n+](C)c1. The largest absolute Gasteiger partial charge is 0.456 e. The zero-order chi connectivity index (χ0) is 19.3. The number of benzene rings is 2. The van der Waals surface area contributed by atoms with Gasteiger partial charge < -0.3 is 4.42 Å². The minimum absolute atomic E-state index is 0.296. The third-order valence-electron chi connectivity index (χ3n) is 4.35. The molecular weight excluding hydrogens is 296 g/mol. The molecule has 0 saturated heterocycles. The molecule has 4 aromatic rings. The number of fused-ring (bicyclic) bond motifs is 3. The van der Waals surface area contributed by atoms with Crippen LogP contribution >= 0.6 is 0 Å². The second kappa shape index (κ2) is 5.21. The molecule has 3 nitrogen and oxygen atoms in total. The van der Waals surface area contributed by atoms with Crippen molar-refractivity contribution in [1.82, 2.24) is 0 Å². The molecule has 0 saturated carbocycles. The molecule has 0 unspecified atom stereocenters. The van der Waals surface area contributed by atoms with Gasteiger partial charge in [0.2, 0.25) is 5.69 Å². The van der Waals surface area contributed by atoms with Crippen LogP contribution in [-0.2, 0) is 7.05 Å². The lowest BCUT2D eigenvalue weighted by Crippen LogP contribution is -2.31. The normalized spacial score (nSPS) is 13.5. The molecular formula is C21H17N2O+. The maximum absolute atomic E-state index is 7.61. The van der Waals surface area contributed by atoms with Gasteiger partial charge in [-0.15, -0.1) is 0 Å². The smallest absolute Gasteiger partial charge is 0.216 e. The van der Waals surface area contributed by atoms with Gasteiger partial charge in [0.25, 0.3) is 0 Å². The van der Waals surface area contributed by atoms with Gasteiger partial charge in [0.1, 0.15) is 18.2 Å². The Hall–Kier alpha value is -3.12. The summed E-state index contributed by atoms with van der Waals surface area (Å²) in [6, 6.07) is 13.0. The first-order valence-corrected chi connectivity index (χ1v) is 7.63. The zero-order valence-electron chi connectivity index (χ0n) is 16.4. The third-order valence-corrected chi connectivity index (χ3v) is 4.35. The zero-order valence-corrected chi connectivity index (χ0v) is 13.4. The quantitative estimate of drug-likeness (QED) is 0.347. The van der Waals surface area contributed by atoms with Crippen LogP contribution in [0.5, 0.6) is 0 Å². The highest BCUT2D eigenvalue weighted by Gasteiger charge is 2.20. The molecule has 4 rings (SSSR count). The molecule has 2 aromatic carbocycles. The van der Waals surface area contributed by atoms with Crippen molar-refractivity contribution in [2.75, 3.05) is 0 Å². The molecule has 0 radical (unpaired) electrons. The van der Waals surface area contributed by atoms with E-state index < -0.39 is 6.85 Å². The Morgan fingerprint density at radius 2 is 1.96 bits per heavy atom. The third kappa shape index (κ3) is 2.08. The first-order valence-electron chi connectivity index (χ1n) is 9.13. The molecule has 116 valence electrons. The molecule has 0 aliphatic rings. The molecule has 0 aliphatic carbocycles. The minimum Gasteiger partial charge on any atom is -0.456 e. The Kier molecular flexibility index (Phi) is 2.48. The fraction of sp³-hybridized carbons (Fsp3) is 0.143. The number of aryl methyl sites for hydroxylation is 3. The molecule has 0 aliphatic heterocycles. The summed E-state index contributed by atoms with van der Waals surface area (Å²) in [6.45, 7) is 7.06. The van der Waals surface area contributed by atoms with Crippen LogP contribution in [0.15, 0.2) is 53.1 Å². The lowest BCUT2D eigenvalue weighted by atomic mass is 10.0. The predicted octanol–water partition coefficient (Wildman–Crippen LogP) is 5.25. The number of aromatic nitrogens is 1. The van der Waals surface area contributed by atoms with Crippen LogP contribution in [0.2, 0.25) is 0 Å². The lowest BCUT2D eigenvalue weighted by molar-refractivity contribution is -0.660. The fourth-order valence-corrected chi connectivity index (χ4v) is 3.18. The maximum Gasteiger partial charge on any atom is 0.216 e. The van der Waals surface area contributed by atoms with Gasteiger partial charge in [-0.1, -0.05) is 24.3 Å². The Morgan fingerprint density at radius 3 is 2.71 bits per heavy atom. The van der Waals surface area contributed by atoms with Gasteiger partial charge in [-0.25, -0.2) is 9.41 Å². The molecule has 24 heavy (non-hydrogen) atoms. The van der Waals surface area contributed by atoms with Gasteiger partial charge in [0.05, 0.1) is 12.1 Å². The van der Waals surface area contributed by atoms with Crippen LogP contribution in [-0.4, -0.2) is 0 Å². The average Bonchev–Trinajstić information content (AvgIpc) is 2.98. The van der Waals surface area contributed by atoms with Crippen LogP contribution in [0.4, 0.5) is 5.69 Å². The first kappa shape index (κ1) is 11.4. The number of rotatable bonds is 1. The van der Waals surface area contributed by atoms with Crippen molar-refractivity contribution in [3.63, 3.8) is 0 Å². The van der Waals surface area contributed by atoms with E-state index in [1.54, 1.807) is 24.4 Å². The molecule has 3 heteroatoms. The molecule has 2 aromatic heterocycles. The van der Waals surface area contributed by atoms with Gasteiger partial charge >= 0.3 is 0 Å². The lowest BCUT2D eigenvalue weighted by Gasteiger charge is -2.05. The van der Waals surface area contributed by atoms with Crippen molar-refractivity contribution < 1.29 is 13.1 Å². The highest BCUT2D eigenvalue weighted by molar-refractivity contribution is 6.10. The Labute approximate surface area is 144 Å². The standard InChI is InChI=1S/C21H17N2O/c1-13-5-10-18(23(4)12-13)20-14(2)6-8-17-16-9-7-15(22-3)11-19(16)24-21(17)20/h5-12H,1-2,4H3/q+1/i1D3. The van der Waals surface area contributed by atoms with E-state index in [0.717, 1.165) is 33.2 Å². The Bertz CT molecular complexity index is 1250. The monoisotopic (exact) mass is 316 g/mol. The van der Waals surface area contributed by atoms with E-state index >= 15 is 0 Å². The first-order chi connectivity index (χ1) is 12.8. The summed E-state index contributed by atoms with van der Waals surface area (Å²) in [7, 11) is 1.84. The average molecular weight is 316 g/mol. The topological polar surface area (TPSA) is 21.4 Å². The second-order valence-electron chi connectivity index (χ2n) is 5.94. The van der Waals surface area contributed by atoms with E-state index in [2.05, 4.69) is 4.85 Å². The van der Waals surface area contributed by atoms with Crippen molar-refractivity contribution in [3.05, 3.63) is 71.2 Å². The minimum atomic E-state index is -2.15. The van der Waals surface area contributed by atoms with E-state index in [0.29, 0.717) is 16.8 Å². The predicted molar refractivity (Wildman–Crippen MR) is 96.1 cm³/mol. The van der Waals surface area contributed by atoms with Gasteiger partial charge in [0, 0.05) is 26.5 Å². The summed E-state index contributed by atoms with van der Waals surface area (Å²) in [6.07, 6.45) is 1.64. The van der Waals surface area contributed by atoms with Crippen molar-refractivity contribution in [1.29, 1.82) is 0 Å². The maximum atomic E-state index is 7.61. The number of furan rings is 1. The molecule has 0 bridgehead atoms. The van der Waals surface area contributed by atoms with Crippen LogP contribution in [0.3, 0.4) is 0 Å². The summed E-state index contributed by atoms with van der Waals surface area (Å²) in [5, 5.41) is 1.93. The van der Waals surface area contributed by atoms with Gasteiger partial charge in [-0.2, -0.15) is 0 Å². The van der Waals surface area contributed by atoms with Crippen LogP contribution in [0.25, 0.3) is 38.0 Å². The Balaban J connectivity index is 2.02. The molecule has 0 atom stereocenters. The van der Waals surface area contributed by atoms with Gasteiger partial charge in [-0.3, -0.25) is 0 Å². The van der Waals surface area contributed by atoms with Crippen LogP contribution < -0.4 is 4.57 Å². The highest BCUT2D eigenvalue weighted by atomic mass is 16.3. The van der Waals surface area contributed by atoms with E-state index in [-0.39, 0.29) is 0 Å². The molecule has 2 heterocycles. The Morgan fingerprint density at radius 1 is 1.12 bits per heavy atom. The number of hydrogen-bond acceptors (Lipinski definition) is 1. The van der Waals surface area contributed by atoms with Crippen molar-refractivity contribution in [2.24, 2.45) is 7.05 Å². The molecule has 0 fully saturated rings. The van der Waals surface area contributed by atoms with E-state index in [1.165, 1.54) is 0 Å².